The zero-order valence-electron chi connectivity index (χ0n) is 15.6. The van der Waals surface area contributed by atoms with Crippen LogP contribution in [0.4, 0.5) is 0 Å². The molecule has 0 amide bonds. The van der Waals surface area contributed by atoms with Gasteiger partial charge in [-0.3, -0.25) is 14.3 Å². The van der Waals surface area contributed by atoms with Crippen LogP contribution in [0, 0.1) is 0 Å². The zero-order valence-corrected chi connectivity index (χ0v) is 17.4. The maximum absolute atomic E-state index is 12.2. The number of aliphatic hydroxyl groups is 1. The van der Waals surface area contributed by atoms with Gasteiger partial charge >= 0.3 is 5.69 Å². The van der Waals surface area contributed by atoms with Crippen molar-refractivity contribution in [2.24, 2.45) is 0 Å². The first kappa shape index (κ1) is 20.4. The summed E-state index contributed by atoms with van der Waals surface area (Å²) >= 11 is 1.54. The van der Waals surface area contributed by atoms with Crippen LogP contribution >= 0.6 is 11.8 Å². The van der Waals surface area contributed by atoms with Gasteiger partial charge in [0.1, 0.15) is 6.10 Å². The fourth-order valence-electron chi connectivity index (χ4n) is 2.62. The lowest BCUT2D eigenvalue weighted by atomic mass is 10.2. The van der Waals surface area contributed by atoms with Crippen molar-refractivity contribution in [2.45, 2.75) is 62.6 Å². The number of nitrogens with one attached hydrogen (secondary N) is 1. The maximum Gasteiger partial charge on any atom is 0.330 e. The molecule has 1 saturated heterocycles. The number of thioether (sulfide) groups is 1. The molecule has 1 aromatic heterocycles. The van der Waals surface area contributed by atoms with Gasteiger partial charge in [-0.15, -0.1) is 0 Å². The van der Waals surface area contributed by atoms with Crippen molar-refractivity contribution < 1.29 is 14.3 Å². The molecule has 2 N–H and O–H groups in total. The summed E-state index contributed by atoms with van der Waals surface area (Å²) in [7, 11) is -2.09. The van der Waals surface area contributed by atoms with Crippen molar-refractivity contribution in [3.05, 3.63) is 33.1 Å². The van der Waals surface area contributed by atoms with Gasteiger partial charge in [0.25, 0.3) is 5.56 Å². The average molecular weight is 389 g/mol. The number of hydrogen-bond acceptors (Lipinski definition) is 6. The Labute approximate surface area is 152 Å². The van der Waals surface area contributed by atoms with Gasteiger partial charge in [-0.2, -0.15) is 11.8 Å². The highest BCUT2D eigenvalue weighted by Crippen LogP contribution is 2.43. The number of hydrogen-bond donors (Lipinski definition) is 2. The molecule has 4 atom stereocenters. The van der Waals surface area contributed by atoms with Crippen molar-refractivity contribution >= 4 is 20.1 Å². The van der Waals surface area contributed by atoms with Crippen molar-refractivity contribution in [2.75, 3.05) is 12.9 Å². The molecule has 0 spiro atoms. The molecule has 0 radical (unpaired) electrons. The van der Waals surface area contributed by atoms with E-state index in [4.69, 9.17) is 9.16 Å². The quantitative estimate of drug-likeness (QED) is 0.744. The predicted molar refractivity (Wildman–Crippen MR) is 102 cm³/mol. The Morgan fingerprint density at radius 2 is 2.04 bits per heavy atom. The third-order valence-electron chi connectivity index (χ3n) is 5.10. The molecule has 0 bridgehead atoms. The zero-order chi connectivity index (χ0) is 19.0. The molecule has 1 aromatic rings. The first-order chi connectivity index (χ1) is 11.5. The minimum Gasteiger partial charge on any atom is -0.410 e. The largest absolute Gasteiger partial charge is 0.410 e. The highest BCUT2D eigenvalue weighted by atomic mass is 32.2. The minimum absolute atomic E-state index is 0.0167. The van der Waals surface area contributed by atoms with Crippen molar-refractivity contribution in [1.82, 2.24) is 9.55 Å². The van der Waals surface area contributed by atoms with E-state index in [1.807, 2.05) is 6.26 Å². The summed E-state index contributed by atoms with van der Waals surface area (Å²) < 4.78 is 13.9. The maximum atomic E-state index is 12.2. The van der Waals surface area contributed by atoms with Gasteiger partial charge in [-0.1, -0.05) is 20.8 Å². The molecule has 1 aliphatic rings. The summed E-state index contributed by atoms with van der Waals surface area (Å²) in [6.45, 7) is 10.6. The van der Waals surface area contributed by atoms with E-state index in [0.29, 0.717) is 0 Å². The molecule has 1 fully saturated rings. The molecule has 0 unspecified atom stereocenters. The predicted octanol–water partition coefficient (Wildman–Crippen LogP) is 1.55. The van der Waals surface area contributed by atoms with Gasteiger partial charge in [-0.25, -0.2) is 4.79 Å². The van der Waals surface area contributed by atoms with Crippen LogP contribution in [0.2, 0.25) is 18.1 Å². The van der Waals surface area contributed by atoms with Crippen LogP contribution in [0.25, 0.3) is 0 Å². The van der Waals surface area contributed by atoms with Crippen LogP contribution in [-0.4, -0.2) is 53.3 Å². The standard InChI is InChI=1S/C16H28N2O5SSi/c1-16(2,3)25(5,6)23-12-10(9-19)22-14(13(12)24-4)18-8-7-11(20)17-15(18)21/h7-8,10,12-14,19H,9H2,1-6H3,(H,17,20,21)/t10-,12-,13-,14-/m1/s1. The molecule has 2 rings (SSSR count). The Kier molecular flexibility index (Phi) is 6.05. The van der Waals surface area contributed by atoms with Gasteiger partial charge < -0.3 is 14.3 Å². The summed E-state index contributed by atoms with van der Waals surface area (Å²) in [6, 6.07) is 1.29. The van der Waals surface area contributed by atoms with E-state index in [1.54, 1.807) is 0 Å². The molecule has 9 heteroatoms. The smallest absolute Gasteiger partial charge is 0.330 e. The summed E-state index contributed by atoms with van der Waals surface area (Å²) in [6.07, 6.45) is 1.91. The number of H-pyrrole nitrogens is 1. The molecule has 2 heterocycles. The fourth-order valence-corrected chi connectivity index (χ4v) is 4.97. The molecular formula is C16H28N2O5SSi. The first-order valence-corrected chi connectivity index (χ1v) is 12.5. The van der Waals surface area contributed by atoms with E-state index in [-0.39, 0.29) is 23.0 Å². The van der Waals surface area contributed by atoms with E-state index in [1.165, 1.54) is 28.6 Å². The lowest BCUT2D eigenvalue weighted by Crippen LogP contribution is -2.49. The van der Waals surface area contributed by atoms with Gasteiger partial charge in [0.05, 0.1) is 18.0 Å². The van der Waals surface area contributed by atoms with Crippen LogP contribution < -0.4 is 11.2 Å². The molecule has 1 aliphatic heterocycles. The number of ether oxygens (including phenoxy) is 1. The highest BCUT2D eigenvalue weighted by Gasteiger charge is 2.50. The Bertz CT molecular complexity index is 711. The molecule has 0 saturated carbocycles. The third kappa shape index (κ3) is 4.11. The summed E-state index contributed by atoms with van der Waals surface area (Å²) in [5, 5.41) is 9.63. The van der Waals surface area contributed by atoms with Gasteiger partial charge in [0, 0.05) is 12.3 Å². The van der Waals surface area contributed by atoms with Crippen LogP contribution in [0.5, 0.6) is 0 Å². The topological polar surface area (TPSA) is 93.5 Å². The monoisotopic (exact) mass is 388 g/mol. The SMILES string of the molecule is CS[C@@H]1[C@H](O[Si](C)(C)C(C)(C)C)[C@@H](CO)O[C@H]1n1ccc(=O)[nH]c1=O. The van der Waals surface area contributed by atoms with Crippen LogP contribution in [-0.2, 0) is 9.16 Å². The van der Waals surface area contributed by atoms with Crippen molar-refractivity contribution in [3.8, 4) is 0 Å². The molecule has 0 aliphatic carbocycles. The first-order valence-electron chi connectivity index (χ1n) is 8.30. The second kappa shape index (κ2) is 7.40. The second-order valence-corrected chi connectivity index (χ2v) is 13.6. The highest BCUT2D eigenvalue weighted by molar-refractivity contribution is 7.99. The van der Waals surface area contributed by atoms with E-state index < -0.39 is 31.9 Å². The van der Waals surface area contributed by atoms with Gasteiger partial charge in [0.15, 0.2) is 14.5 Å². The Hall–Kier alpha value is -0.873. The van der Waals surface area contributed by atoms with Crippen LogP contribution in [0.1, 0.15) is 27.0 Å². The van der Waals surface area contributed by atoms with Crippen molar-refractivity contribution in [1.29, 1.82) is 0 Å². The fraction of sp³-hybridized carbons (Fsp3) is 0.750. The number of aromatic amines is 1. The van der Waals surface area contributed by atoms with E-state index >= 15 is 0 Å². The molecular weight excluding hydrogens is 360 g/mol. The summed E-state index contributed by atoms with van der Waals surface area (Å²) in [4.78, 5) is 25.7. The Balaban J connectivity index is 2.38. The van der Waals surface area contributed by atoms with E-state index in [0.717, 1.165) is 0 Å². The Morgan fingerprint density at radius 1 is 1.40 bits per heavy atom. The van der Waals surface area contributed by atoms with Gasteiger partial charge in [0.2, 0.25) is 0 Å². The Morgan fingerprint density at radius 3 is 2.52 bits per heavy atom. The van der Waals surface area contributed by atoms with E-state index in [2.05, 4.69) is 38.8 Å². The molecule has 142 valence electrons. The summed E-state index contributed by atoms with van der Waals surface area (Å²) in [5.41, 5.74) is -0.978. The number of nitrogens with zero attached hydrogens (tertiary/aromatic N) is 1. The minimum atomic E-state index is -2.09. The van der Waals surface area contributed by atoms with Gasteiger partial charge in [-0.05, 0) is 24.4 Å². The van der Waals surface area contributed by atoms with Crippen LogP contribution in [0.15, 0.2) is 21.9 Å². The lowest BCUT2D eigenvalue weighted by molar-refractivity contribution is -0.0436. The van der Waals surface area contributed by atoms with Crippen LogP contribution in [0.3, 0.4) is 0 Å². The normalized spacial score (nSPS) is 27.6. The number of aliphatic hydroxyl groups excluding tert-OH is 1. The molecule has 7 nitrogen and oxygen atoms in total. The number of aromatic nitrogens is 2. The second-order valence-electron chi connectivity index (χ2n) is 7.81. The molecule has 0 aromatic carbocycles. The van der Waals surface area contributed by atoms with E-state index in [9.17, 15) is 14.7 Å². The van der Waals surface area contributed by atoms with Crippen molar-refractivity contribution in [3.63, 3.8) is 0 Å². The third-order valence-corrected chi connectivity index (χ3v) is 10.6. The molecule has 25 heavy (non-hydrogen) atoms. The summed E-state index contributed by atoms with van der Waals surface area (Å²) in [5.74, 6) is 0. The average Bonchev–Trinajstić information content (AvgIpc) is 2.82. The number of rotatable bonds is 5. The lowest BCUT2D eigenvalue weighted by Gasteiger charge is -2.40.